The van der Waals surface area contributed by atoms with Gasteiger partial charge in [-0.2, -0.15) is 0 Å². The first-order chi connectivity index (χ1) is 8.03. The van der Waals surface area contributed by atoms with Gasteiger partial charge in [-0.05, 0) is 31.0 Å². The van der Waals surface area contributed by atoms with Gasteiger partial charge in [-0.15, -0.1) is 0 Å². The molecule has 0 bridgehead atoms. The summed E-state index contributed by atoms with van der Waals surface area (Å²) >= 11 is 0. The molecule has 17 heavy (non-hydrogen) atoms. The smallest absolute Gasteiger partial charge is 0.168 e. The van der Waals surface area contributed by atoms with Gasteiger partial charge in [0.1, 0.15) is 0 Å². The van der Waals surface area contributed by atoms with Crippen molar-refractivity contribution in [3.63, 3.8) is 0 Å². The summed E-state index contributed by atoms with van der Waals surface area (Å²) < 4.78 is 25.9. The molecule has 0 saturated heterocycles. The van der Waals surface area contributed by atoms with Gasteiger partial charge in [-0.3, -0.25) is 4.79 Å². The minimum atomic E-state index is -0.949. The molecule has 1 saturated carbocycles. The zero-order valence-electron chi connectivity index (χ0n) is 9.93. The molecule has 0 spiro atoms. The van der Waals surface area contributed by atoms with E-state index in [1.165, 1.54) is 6.07 Å². The molecule has 0 amide bonds. The van der Waals surface area contributed by atoms with E-state index in [4.69, 9.17) is 0 Å². The van der Waals surface area contributed by atoms with Crippen LogP contribution in [0.3, 0.4) is 0 Å². The zero-order valence-corrected chi connectivity index (χ0v) is 9.93. The van der Waals surface area contributed by atoms with E-state index in [2.05, 4.69) is 0 Å². The number of benzene rings is 1. The van der Waals surface area contributed by atoms with Crippen LogP contribution in [-0.4, -0.2) is 5.78 Å². The Balaban J connectivity index is 2.26. The molecule has 1 fully saturated rings. The van der Waals surface area contributed by atoms with Crippen LogP contribution in [0.4, 0.5) is 8.78 Å². The van der Waals surface area contributed by atoms with Gasteiger partial charge in [0.15, 0.2) is 17.4 Å². The number of carbonyl (C=O) groups is 1. The summed E-state index contributed by atoms with van der Waals surface area (Å²) in [6.45, 7) is 1.93. The molecule has 0 heterocycles. The van der Waals surface area contributed by atoms with E-state index < -0.39 is 17.0 Å². The van der Waals surface area contributed by atoms with Gasteiger partial charge in [0.2, 0.25) is 0 Å². The SMILES string of the molecule is CC1(C(=O)c2ccc(F)c(F)c2)CCCCC1. The fourth-order valence-corrected chi connectivity index (χ4v) is 2.54. The largest absolute Gasteiger partial charge is 0.294 e. The summed E-state index contributed by atoms with van der Waals surface area (Å²) in [5.41, 5.74) is -0.115. The standard InChI is InChI=1S/C14H16F2O/c1-14(7-3-2-4-8-14)13(17)10-5-6-11(15)12(16)9-10/h5-6,9H,2-4,7-8H2,1H3. The Hall–Kier alpha value is -1.25. The van der Waals surface area contributed by atoms with Crippen molar-refractivity contribution in [3.05, 3.63) is 35.4 Å². The lowest BCUT2D eigenvalue weighted by atomic mass is 9.71. The number of hydrogen-bond donors (Lipinski definition) is 0. The van der Waals surface area contributed by atoms with Crippen LogP contribution in [0.2, 0.25) is 0 Å². The maximum Gasteiger partial charge on any atom is 0.168 e. The number of ketones is 1. The molecule has 2 rings (SSSR count). The second-order valence-corrected chi connectivity index (χ2v) is 5.08. The Bertz CT molecular complexity index is 434. The van der Waals surface area contributed by atoms with E-state index >= 15 is 0 Å². The Morgan fingerprint density at radius 3 is 2.35 bits per heavy atom. The highest BCUT2D eigenvalue weighted by atomic mass is 19.2. The van der Waals surface area contributed by atoms with Crippen LogP contribution in [0.1, 0.15) is 49.4 Å². The first-order valence-electron chi connectivity index (χ1n) is 6.03. The van der Waals surface area contributed by atoms with Gasteiger partial charge in [0.25, 0.3) is 0 Å². The van der Waals surface area contributed by atoms with Gasteiger partial charge < -0.3 is 0 Å². The topological polar surface area (TPSA) is 17.1 Å². The maximum atomic E-state index is 13.1. The van der Waals surface area contributed by atoms with Crippen molar-refractivity contribution in [2.75, 3.05) is 0 Å². The Morgan fingerprint density at radius 1 is 1.12 bits per heavy atom. The van der Waals surface area contributed by atoms with Crippen LogP contribution in [0.15, 0.2) is 18.2 Å². The number of hydrogen-bond acceptors (Lipinski definition) is 1. The quantitative estimate of drug-likeness (QED) is 0.708. The maximum absolute atomic E-state index is 13.1. The Labute approximate surface area is 99.8 Å². The molecule has 92 valence electrons. The molecule has 1 nitrogen and oxygen atoms in total. The van der Waals surface area contributed by atoms with Crippen molar-refractivity contribution in [2.45, 2.75) is 39.0 Å². The molecule has 1 aliphatic carbocycles. The summed E-state index contributed by atoms with van der Waals surface area (Å²) in [6, 6.07) is 3.41. The minimum Gasteiger partial charge on any atom is -0.294 e. The Kier molecular flexibility index (Phi) is 3.27. The summed E-state index contributed by atoms with van der Waals surface area (Å²) in [6.07, 6.45) is 4.90. The van der Waals surface area contributed by atoms with Gasteiger partial charge in [-0.1, -0.05) is 26.2 Å². The monoisotopic (exact) mass is 238 g/mol. The molecule has 0 aliphatic heterocycles. The third kappa shape index (κ3) is 2.38. The summed E-state index contributed by atoms with van der Waals surface area (Å²) in [5, 5.41) is 0. The van der Waals surface area contributed by atoms with Crippen molar-refractivity contribution in [2.24, 2.45) is 5.41 Å². The van der Waals surface area contributed by atoms with E-state index in [1.54, 1.807) is 0 Å². The van der Waals surface area contributed by atoms with Crippen LogP contribution >= 0.6 is 0 Å². The highest BCUT2D eigenvalue weighted by molar-refractivity contribution is 6.00. The predicted octanol–water partition coefficient (Wildman–Crippen LogP) is 4.12. The van der Waals surface area contributed by atoms with Crippen LogP contribution < -0.4 is 0 Å². The van der Waals surface area contributed by atoms with Crippen molar-refractivity contribution in [3.8, 4) is 0 Å². The van der Waals surface area contributed by atoms with Crippen LogP contribution in [0, 0.1) is 17.0 Å². The molecule has 0 radical (unpaired) electrons. The lowest BCUT2D eigenvalue weighted by Crippen LogP contribution is -2.30. The van der Waals surface area contributed by atoms with Gasteiger partial charge in [0.05, 0.1) is 0 Å². The van der Waals surface area contributed by atoms with E-state index in [0.717, 1.165) is 44.2 Å². The zero-order chi connectivity index (χ0) is 12.5. The first-order valence-corrected chi connectivity index (χ1v) is 6.03. The molecular weight excluding hydrogens is 222 g/mol. The van der Waals surface area contributed by atoms with Crippen molar-refractivity contribution < 1.29 is 13.6 Å². The van der Waals surface area contributed by atoms with Crippen molar-refractivity contribution in [1.82, 2.24) is 0 Å². The average Bonchev–Trinajstić information content (AvgIpc) is 2.33. The molecule has 1 aliphatic rings. The summed E-state index contributed by atoms with van der Waals surface area (Å²) in [5.74, 6) is -1.92. The highest BCUT2D eigenvalue weighted by Gasteiger charge is 2.35. The number of Topliss-reactive ketones (excluding diaryl/α,β-unsaturated/α-hetero) is 1. The number of rotatable bonds is 2. The lowest BCUT2D eigenvalue weighted by Gasteiger charge is -2.32. The fraction of sp³-hybridized carbons (Fsp3) is 0.500. The number of carbonyl (C=O) groups excluding carboxylic acids is 1. The molecule has 0 atom stereocenters. The predicted molar refractivity (Wildman–Crippen MR) is 61.9 cm³/mol. The van der Waals surface area contributed by atoms with Gasteiger partial charge in [-0.25, -0.2) is 8.78 Å². The first kappa shape index (κ1) is 12.2. The van der Waals surface area contributed by atoms with Crippen molar-refractivity contribution >= 4 is 5.78 Å². The lowest BCUT2D eigenvalue weighted by molar-refractivity contribution is 0.0749. The highest BCUT2D eigenvalue weighted by Crippen LogP contribution is 2.38. The van der Waals surface area contributed by atoms with E-state index in [0.29, 0.717) is 0 Å². The molecular formula is C14H16F2O. The van der Waals surface area contributed by atoms with Crippen LogP contribution in [0.25, 0.3) is 0 Å². The normalized spacial score (nSPS) is 19.0. The van der Waals surface area contributed by atoms with Crippen molar-refractivity contribution in [1.29, 1.82) is 0 Å². The van der Waals surface area contributed by atoms with Gasteiger partial charge in [0, 0.05) is 11.0 Å². The Morgan fingerprint density at radius 2 is 1.76 bits per heavy atom. The molecule has 0 N–H and O–H groups in total. The third-order valence-electron chi connectivity index (χ3n) is 3.69. The summed E-state index contributed by atoms with van der Waals surface area (Å²) in [4.78, 5) is 12.3. The van der Waals surface area contributed by atoms with Gasteiger partial charge >= 0.3 is 0 Å². The van der Waals surface area contributed by atoms with Crippen LogP contribution in [-0.2, 0) is 0 Å². The van der Waals surface area contributed by atoms with Crippen LogP contribution in [0.5, 0.6) is 0 Å². The molecule has 0 unspecified atom stereocenters. The van der Waals surface area contributed by atoms with E-state index in [1.807, 2.05) is 6.92 Å². The number of halogens is 2. The average molecular weight is 238 g/mol. The minimum absolute atomic E-state index is 0.0592. The summed E-state index contributed by atoms with van der Waals surface area (Å²) in [7, 11) is 0. The van der Waals surface area contributed by atoms with E-state index in [-0.39, 0.29) is 11.3 Å². The molecule has 1 aromatic carbocycles. The second-order valence-electron chi connectivity index (χ2n) is 5.08. The third-order valence-corrected chi connectivity index (χ3v) is 3.69. The van der Waals surface area contributed by atoms with E-state index in [9.17, 15) is 13.6 Å². The molecule has 0 aromatic heterocycles. The molecule has 1 aromatic rings. The fourth-order valence-electron chi connectivity index (χ4n) is 2.54. The second kappa shape index (κ2) is 4.55. The molecule has 3 heteroatoms.